The smallest absolute Gasteiger partial charge is 0.224 e. The number of amides is 1. The van der Waals surface area contributed by atoms with E-state index in [0.717, 1.165) is 11.1 Å². The van der Waals surface area contributed by atoms with E-state index in [1.807, 2.05) is 37.4 Å². The van der Waals surface area contributed by atoms with Crippen molar-refractivity contribution in [3.8, 4) is 0 Å². The molecule has 2 aromatic rings. The van der Waals surface area contributed by atoms with Gasteiger partial charge >= 0.3 is 0 Å². The highest BCUT2D eigenvalue weighted by molar-refractivity contribution is 5.85. The summed E-state index contributed by atoms with van der Waals surface area (Å²) in [7, 11) is 1.90. The van der Waals surface area contributed by atoms with Crippen LogP contribution >= 0.6 is 0 Å². The molecular formula is C24H30N2O. The van der Waals surface area contributed by atoms with Crippen molar-refractivity contribution in [1.29, 1.82) is 0 Å². The molecule has 0 aliphatic heterocycles. The third-order valence-electron chi connectivity index (χ3n) is 5.76. The Morgan fingerprint density at radius 2 is 1.70 bits per heavy atom. The van der Waals surface area contributed by atoms with Crippen LogP contribution in [-0.2, 0) is 17.8 Å². The van der Waals surface area contributed by atoms with Crippen molar-refractivity contribution in [3.63, 3.8) is 0 Å². The van der Waals surface area contributed by atoms with Crippen molar-refractivity contribution >= 4 is 11.6 Å². The molecule has 0 spiro atoms. The van der Waals surface area contributed by atoms with Gasteiger partial charge in [0.15, 0.2) is 0 Å². The Kier molecular flexibility index (Phi) is 6.80. The Balaban J connectivity index is 1.58. The molecule has 0 heterocycles. The fourth-order valence-corrected chi connectivity index (χ4v) is 4.12. The molecule has 1 unspecified atom stereocenters. The predicted molar refractivity (Wildman–Crippen MR) is 112 cm³/mol. The number of rotatable bonds is 6. The fourth-order valence-electron chi connectivity index (χ4n) is 4.12. The molecule has 3 nitrogen and oxygen atoms in total. The van der Waals surface area contributed by atoms with Gasteiger partial charge in [-0.25, -0.2) is 0 Å². The molecule has 3 heteroatoms. The van der Waals surface area contributed by atoms with Crippen molar-refractivity contribution in [2.45, 2.75) is 51.5 Å². The lowest BCUT2D eigenvalue weighted by Crippen LogP contribution is -2.25. The molecule has 142 valence electrons. The lowest BCUT2D eigenvalue weighted by atomic mass is 9.73. The van der Waals surface area contributed by atoms with E-state index >= 15 is 0 Å². The zero-order valence-corrected chi connectivity index (χ0v) is 16.4. The van der Waals surface area contributed by atoms with E-state index in [9.17, 15) is 4.79 Å². The topological polar surface area (TPSA) is 41.5 Å². The van der Waals surface area contributed by atoms with Gasteiger partial charge < -0.3 is 5.32 Å². The van der Waals surface area contributed by atoms with Gasteiger partial charge in [-0.05, 0) is 42.4 Å². The third kappa shape index (κ3) is 5.29. The molecule has 3 rings (SSSR count). The molecular weight excluding hydrogens is 332 g/mol. The Morgan fingerprint density at radius 1 is 1.00 bits per heavy atom. The van der Waals surface area contributed by atoms with Crippen LogP contribution < -0.4 is 5.32 Å². The standard InChI is InChI=1S/C24H30N2O/c1-18(25-2)22-10-6-7-11-23(22)21-14-12-19(13-15-21)16-24(27)26-17-20-8-4-3-5-9-20/h3-5,8-9,12-15,22-23H,6-7,10-11,16-17H2,1-2H3,(H,26,27)/b25-18+/t22?,23-/m0/s1. The molecule has 1 N–H and O–H groups in total. The van der Waals surface area contributed by atoms with Gasteiger partial charge in [-0.1, -0.05) is 67.4 Å². The summed E-state index contributed by atoms with van der Waals surface area (Å²) in [6.45, 7) is 2.74. The third-order valence-corrected chi connectivity index (χ3v) is 5.76. The summed E-state index contributed by atoms with van der Waals surface area (Å²) in [5, 5.41) is 3.00. The van der Waals surface area contributed by atoms with Gasteiger partial charge in [0.05, 0.1) is 6.42 Å². The Labute approximate surface area is 162 Å². The number of nitrogens with one attached hydrogen (secondary N) is 1. The van der Waals surface area contributed by atoms with Crippen molar-refractivity contribution in [2.24, 2.45) is 10.9 Å². The van der Waals surface area contributed by atoms with E-state index in [2.05, 4.69) is 41.5 Å². The van der Waals surface area contributed by atoms with E-state index in [0.29, 0.717) is 24.8 Å². The summed E-state index contributed by atoms with van der Waals surface area (Å²) in [6, 6.07) is 18.7. The molecule has 1 fully saturated rings. The summed E-state index contributed by atoms with van der Waals surface area (Å²) in [5.41, 5.74) is 4.84. The first-order chi connectivity index (χ1) is 13.2. The molecule has 27 heavy (non-hydrogen) atoms. The summed E-state index contributed by atoms with van der Waals surface area (Å²) >= 11 is 0. The van der Waals surface area contributed by atoms with E-state index in [1.54, 1.807) is 0 Å². The van der Waals surface area contributed by atoms with Gasteiger partial charge in [0.2, 0.25) is 5.91 Å². The van der Waals surface area contributed by atoms with Crippen LogP contribution in [0.1, 0.15) is 55.2 Å². The van der Waals surface area contributed by atoms with E-state index in [-0.39, 0.29) is 5.91 Å². The lowest BCUT2D eigenvalue weighted by molar-refractivity contribution is -0.120. The molecule has 1 amide bonds. The highest BCUT2D eigenvalue weighted by atomic mass is 16.1. The molecule has 1 saturated carbocycles. The number of hydrogen-bond donors (Lipinski definition) is 1. The maximum Gasteiger partial charge on any atom is 0.224 e. The summed E-state index contributed by atoms with van der Waals surface area (Å²) < 4.78 is 0. The molecule has 0 aromatic heterocycles. The van der Waals surface area contributed by atoms with Crippen LogP contribution in [0, 0.1) is 5.92 Å². The molecule has 1 aliphatic carbocycles. The van der Waals surface area contributed by atoms with Gasteiger partial charge in [-0.15, -0.1) is 0 Å². The molecule has 2 atom stereocenters. The minimum atomic E-state index is 0.0658. The molecule has 0 radical (unpaired) electrons. The second-order valence-corrected chi connectivity index (χ2v) is 7.54. The van der Waals surface area contributed by atoms with Gasteiger partial charge in [0.1, 0.15) is 0 Å². The molecule has 0 bridgehead atoms. The minimum Gasteiger partial charge on any atom is -0.352 e. The average Bonchev–Trinajstić information content (AvgIpc) is 2.73. The van der Waals surface area contributed by atoms with Crippen LogP contribution in [0.2, 0.25) is 0 Å². The average molecular weight is 363 g/mol. The maximum atomic E-state index is 12.2. The number of aliphatic imine (C=N–C) groups is 1. The first kappa shape index (κ1) is 19.3. The summed E-state index contributed by atoms with van der Waals surface area (Å²) in [4.78, 5) is 16.7. The Hall–Kier alpha value is -2.42. The number of hydrogen-bond acceptors (Lipinski definition) is 2. The van der Waals surface area contributed by atoms with Gasteiger partial charge in [-0.2, -0.15) is 0 Å². The van der Waals surface area contributed by atoms with Crippen molar-refractivity contribution in [2.75, 3.05) is 7.05 Å². The second-order valence-electron chi connectivity index (χ2n) is 7.54. The highest BCUT2D eigenvalue weighted by Crippen LogP contribution is 2.38. The van der Waals surface area contributed by atoms with Crippen LogP contribution in [-0.4, -0.2) is 18.7 Å². The monoisotopic (exact) mass is 362 g/mol. The van der Waals surface area contributed by atoms with Crippen LogP contribution in [0.5, 0.6) is 0 Å². The zero-order chi connectivity index (χ0) is 19.1. The maximum absolute atomic E-state index is 12.2. The SMILES string of the molecule is C/N=C(\C)C1CCCC[C@H]1c1ccc(CC(=O)NCc2ccccc2)cc1. The Morgan fingerprint density at radius 3 is 2.41 bits per heavy atom. The molecule has 2 aromatic carbocycles. The van der Waals surface area contributed by atoms with E-state index in [1.165, 1.54) is 37.0 Å². The molecule has 0 saturated heterocycles. The van der Waals surface area contributed by atoms with Crippen LogP contribution in [0.3, 0.4) is 0 Å². The van der Waals surface area contributed by atoms with E-state index < -0.39 is 0 Å². The van der Waals surface area contributed by atoms with Crippen molar-refractivity contribution in [3.05, 3.63) is 71.3 Å². The number of benzene rings is 2. The highest BCUT2D eigenvalue weighted by Gasteiger charge is 2.28. The quantitative estimate of drug-likeness (QED) is 0.729. The van der Waals surface area contributed by atoms with Crippen LogP contribution in [0.25, 0.3) is 0 Å². The summed E-state index contributed by atoms with van der Waals surface area (Å²) in [6.07, 6.45) is 5.48. The van der Waals surface area contributed by atoms with Gasteiger partial charge in [0, 0.05) is 25.2 Å². The first-order valence-corrected chi connectivity index (χ1v) is 10.00. The van der Waals surface area contributed by atoms with Crippen molar-refractivity contribution in [1.82, 2.24) is 5.32 Å². The first-order valence-electron chi connectivity index (χ1n) is 10.00. The molecule has 1 aliphatic rings. The normalized spacial score (nSPS) is 20.3. The van der Waals surface area contributed by atoms with E-state index in [4.69, 9.17) is 0 Å². The largest absolute Gasteiger partial charge is 0.352 e. The van der Waals surface area contributed by atoms with Crippen LogP contribution in [0.15, 0.2) is 59.6 Å². The van der Waals surface area contributed by atoms with Crippen LogP contribution in [0.4, 0.5) is 0 Å². The zero-order valence-electron chi connectivity index (χ0n) is 16.4. The predicted octanol–water partition coefficient (Wildman–Crippen LogP) is 4.91. The number of carbonyl (C=O) groups is 1. The second kappa shape index (κ2) is 9.50. The number of nitrogens with zero attached hydrogens (tertiary/aromatic N) is 1. The van der Waals surface area contributed by atoms with Crippen molar-refractivity contribution < 1.29 is 4.79 Å². The lowest BCUT2D eigenvalue weighted by Gasteiger charge is -2.32. The Bertz CT molecular complexity index is 765. The number of carbonyl (C=O) groups excluding carboxylic acids is 1. The van der Waals surface area contributed by atoms with Gasteiger partial charge in [0.25, 0.3) is 0 Å². The van der Waals surface area contributed by atoms with Gasteiger partial charge in [-0.3, -0.25) is 9.79 Å². The minimum absolute atomic E-state index is 0.0658. The fraction of sp³-hybridized carbons (Fsp3) is 0.417. The summed E-state index contributed by atoms with van der Waals surface area (Å²) in [5.74, 6) is 1.18.